The van der Waals surface area contributed by atoms with E-state index in [9.17, 15) is 18.0 Å². The number of methoxy groups -OCH3 is 3. The van der Waals surface area contributed by atoms with E-state index in [0.29, 0.717) is 11.5 Å². The van der Waals surface area contributed by atoms with Crippen molar-refractivity contribution in [2.45, 2.75) is 11.4 Å². The lowest BCUT2D eigenvalue weighted by atomic mass is 10.1. The van der Waals surface area contributed by atoms with Crippen molar-refractivity contribution >= 4 is 44.8 Å². The van der Waals surface area contributed by atoms with E-state index >= 15 is 0 Å². The second-order valence-corrected chi connectivity index (χ2v) is 11.0. The first kappa shape index (κ1) is 30.3. The molecule has 0 aliphatic carbocycles. The van der Waals surface area contributed by atoms with Gasteiger partial charge in [0.1, 0.15) is 18.1 Å². The van der Waals surface area contributed by atoms with Gasteiger partial charge in [0.15, 0.2) is 11.5 Å². The Morgan fingerprint density at radius 3 is 2.29 bits per heavy atom. The molecule has 3 aromatic carbocycles. The van der Waals surface area contributed by atoms with Crippen LogP contribution >= 0.6 is 11.6 Å². The van der Waals surface area contributed by atoms with Crippen LogP contribution in [0.4, 0.5) is 11.4 Å². The molecule has 0 atom stereocenters. The van der Waals surface area contributed by atoms with Crippen LogP contribution in [0.25, 0.3) is 0 Å². The van der Waals surface area contributed by atoms with Gasteiger partial charge < -0.3 is 29.3 Å². The van der Waals surface area contributed by atoms with Crippen LogP contribution in [0, 0.1) is 0 Å². The molecule has 0 saturated heterocycles. The third kappa shape index (κ3) is 6.78. The fourth-order valence-electron chi connectivity index (χ4n) is 4.05. The fraction of sp³-hybridized carbons (Fsp3) is 0.172. The third-order valence-corrected chi connectivity index (χ3v) is 8.08. The number of nitrogens with one attached hydrogen (secondary N) is 2. The van der Waals surface area contributed by atoms with Crippen LogP contribution in [0.1, 0.15) is 16.1 Å². The number of hydrogen-bond acceptors (Lipinski definition) is 8. The van der Waals surface area contributed by atoms with Crippen LogP contribution in [-0.2, 0) is 21.4 Å². The van der Waals surface area contributed by atoms with E-state index in [1.165, 1.54) is 76.1 Å². The summed E-state index contributed by atoms with van der Waals surface area (Å²) in [5, 5.41) is 5.60. The molecule has 13 heteroatoms. The number of nitrogens with zero attached hydrogens (tertiary/aromatic N) is 1. The van der Waals surface area contributed by atoms with Crippen molar-refractivity contribution in [2.24, 2.45) is 0 Å². The minimum atomic E-state index is -4.40. The molecular formula is C29H28ClN3O8S. The highest BCUT2D eigenvalue weighted by Crippen LogP contribution is 2.37. The molecule has 0 saturated carbocycles. The van der Waals surface area contributed by atoms with Gasteiger partial charge in [-0.05, 0) is 54.6 Å². The SMILES string of the molecule is COc1ccc(S(=O)(=O)N(CC(=O)Nc2ccccc2C(=O)NCc2ccco2)c2cc(Cl)ccc2OC)cc1OC. The largest absolute Gasteiger partial charge is 0.495 e. The number of anilines is 2. The highest BCUT2D eigenvalue weighted by molar-refractivity contribution is 7.92. The number of hydrogen-bond donors (Lipinski definition) is 2. The van der Waals surface area contributed by atoms with Crippen molar-refractivity contribution in [3.05, 3.63) is 95.4 Å². The molecule has 11 nitrogen and oxygen atoms in total. The maximum atomic E-state index is 14.0. The van der Waals surface area contributed by atoms with E-state index in [1.807, 2.05) is 0 Å². The van der Waals surface area contributed by atoms with Crippen LogP contribution in [0.3, 0.4) is 0 Å². The quantitative estimate of drug-likeness (QED) is 0.234. The number of ether oxygens (including phenoxy) is 3. The van der Waals surface area contributed by atoms with Crippen molar-refractivity contribution in [3.63, 3.8) is 0 Å². The van der Waals surface area contributed by atoms with E-state index in [2.05, 4.69) is 10.6 Å². The first-order valence-corrected chi connectivity index (χ1v) is 14.3. The molecule has 0 aliphatic rings. The zero-order valence-electron chi connectivity index (χ0n) is 22.9. The smallest absolute Gasteiger partial charge is 0.265 e. The Morgan fingerprint density at radius 1 is 0.881 bits per heavy atom. The lowest BCUT2D eigenvalue weighted by molar-refractivity contribution is -0.114. The van der Waals surface area contributed by atoms with E-state index in [-0.39, 0.29) is 44.9 Å². The van der Waals surface area contributed by atoms with E-state index in [0.717, 1.165) is 4.31 Å². The summed E-state index contributed by atoms with van der Waals surface area (Å²) in [6.07, 6.45) is 1.49. The van der Waals surface area contributed by atoms with Crippen LogP contribution in [-0.4, -0.2) is 48.1 Å². The first-order valence-electron chi connectivity index (χ1n) is 12.5. The van der Waals surface area contributed by atoms with Gasteiger partial charge in [0.2, 0.25) is 5.91 Å². The van der Waals surface area contributed by atoms with Gasteiger partial charge in [-0.2, -0.15) is 0 Å². The number of furan rings is 1. The minimum Gasteiger partial charge on any atom is -0.495 e. The maximum absolute atomic E-state index is 14.0. The van der Waals surface area contributed by atoms with E-state index in [1.54, 1.807) is 24.3 Å². The lowest BCUT2D eigenvalue weighted by Gasteiger charge is -2.26. The summed E-state index contributed by atoms with van der Waals surface area (Å²) in [7, 11) is -0.231. The Kier molecular flexibility index (Phi) is 9.60. The molecule has 4 aromatic rings. The molecule has 2 N–H and O–H groups in total. The summed E-state index contributed by atoms with van der Waals surface area (Å²) in [5.74, 6) is 0.0183. The van der Waals surface area contributed by atoms with Gasteiger partial charge >= 0.3 is 0 Å². The normalized spacial score (nSPS) is 11.0. The van der Waals surface area contributed by atoms with E-state index < -0.39 is 28.4 Å². The summed E-state index contributed by atoms with van der Waals surface area (Å²) in [5.41, 5.74) is 0.382. The molecule has 42 heavy (non-hydrogen) atoms. The van der Waals surface area contributed by atoms with Gasteiger partial charge in [0.05, 0.1) is 56.0 Å². The Balaban J connectivity index is 1.67. The zero-order valence-corrected chi connectivity index (χ0v) is 24.5. The summed E-state index contributed by atoms with van der Waals surface area (Å²) in [6, 6.07) is 18.2. The molecule has 0 aliphatic heterocycles. The van der Waals surface area contributed by atoms with Crippen LogP contribution < -0.4 is 29.1 Å². The second-order valence-electron chi connectivity index (χ2n) is 8.70. The molecule has 0 radical (unpaired) electrons. The Labute approximate surface area is 248 Å². The second kappa shape index (κ2) is 13.3. The number of para-hydroxylation sites is 1. The van der Waals surface area contributed by atoms with Gasteiger partial charge in [-0.15, -0.1) is 0 Å². The predicted octanol–water partition coefficient (Wildman–Crippen LogP) is 4.72. The number of carbonyl (C=O) groups is 2. The summed E-state index contributed by atoms with van der Waals surface area (Å²) >= 11 is 6.22. The molecule has 2 amide bonds. The van der Waals surface area contributed by atoms with Gasteiger partial charge in [-0.25, -0.2) is 8.42 Å². The number of amides is 2. The topological polar surface area (TPSA) is 136 Å². The maximum Gasteiger partial charge on any atom is 0.265 e. The molecule has 0 unspecified atom stereocenters. The van der Waals surface area contributed by atoms with Gasteiger partial charge in [0, 0.05) is 11.1 Å². The summed E-state index contributed by atoms with van der Waals surface area (Å²) in [4.78, 5) is 26.1. The monoisotopic (exact) mass is 613 g/mol. The Bertz CT molecular complexity index is 1680. The van der Waals surface area contributed by atoms with Crippen LogP contribution in [0.2, 0.25) is 5.02 Å². The molecule has 0 bridgehead atoms. The highest BCUT2D eigenvalue weighted by atomic mass is 35.5. The number of benzene rings is 3. The molecule has 0 fully saturated rings. The molecule has 1 aromatic heterocycles. The van der Waals surface area contributed by atoms with Crippen molar-refractivity contribution in [1.82, 2.24) is 5.32 Å². The number of carbonyl (C=O) groups excluding carboxylic acids is 2. The molecule has 4 rings (SSSR count). The fourth-order valence-corrected chi connectivity index (χ4v) is 5.65. The average Bonchev–Trinajstić information content (AvgIpc) is 3.52. The van der Waals surface area contributed by atoms with Crippen molar-refractivity contribution in [3.8, 4) is 17.2 Å². The van der Waals surface area contributed by atoms with Gasteiger partial charge in [-0.1, -0.05) is 23.7 Å². The third-order valence-electron chi connectivity index (χ3n) is 6.09. The summed E-state index contributed by atoms with van der Waals surface area (Å²) < 4.78 is 50.1. The van der Waals surface area contributed by atoms with E-state index in [4.69, 9.17) is 30.2 Å². The molecule has 220 valence electrons. The Morgan fingerprint density at radius 2 is 1.60 bits per heavy atom. The van der Waals surface area contributed by atoms with Crippen molar-refractivity contribution in [1.29, 1.82) is 0 Å². The Hall–Kier alpha value is -4.68. The predicted molar refractivity (Wildman–Crippen MR) is 157 cm³/mol. The van der Waals surface area contributed by atoms with Crippen molar-refractivity contribution < 1.29 is 36.6 Å². The lowest BCUT2D eigenvalue weighted by Crippen LogP contribution is -2.38. The summed E-state index contributed by atoms with van der Waals surface area (Å²) in [6.45, 7) is -0.546. The van der Waals surface area contributed by atoms with Gasteiger partial charge in [0.25, 0.3) is 15.9 Å². The number of halogens is 1. The highest BCUT2D eigenvalue weighted by Gasteiger charge is 2.31. The van der Waals surface area contributed by atoms with Crippen molar-refractivity contribution in [2.75, 3.05) is 37.5 Å². The molecular weight excluding hydrogens is 586 g/mol. The number of sulfonamides is 1. The zero-order chi connectivity index (χ0) is 30.3. The number of rotatable bonds is 12. The average molecular weight is 614 g/mol. The standard InChI is InChI=1S/C29H28ClN3O8S/c1-38-25-12-10-19(30)15-24(25)33(42(36,37)21-11-13-26(39-2)27(16-21)40-3)18-28(34)32-23-9-5-4-8-22(23)29(35)31-17-20-7-6-14-41-20/h4-16H,17-18H2,1-3H3,(H,31,35)(H,32,34). The van der Waals surface area contributed by atoms with Crippen LogP contribution in [0.5, 0.6) is 17.2 Å². The minimum absolute atomic E-state index is 0.0272. The van der Waals surface area contributed by atoms with Crippen LogP contribution in [0.15, 0.2) is 88.4 Å². The van der Waals surface area contributed by atoms with Gasteiger partial charge in [-0.3, -0.25) is 13.9 Å². The molecule has 0 spiro atoms. The first-order chi connectivity index (χ1) is 20.2. The molecule has 1 heterocycles.